The van der Waals surface area contributed by atoms with Gasteiger partial charge in [-0.2, -0.15) is 0 Å². The molecule has 1 aliphatic heterocycles. The lowest BCUT2D eigenvalue weighted by atomic mass is 10.2. The van der Waals surface area contributed by atoms with Gasteiger partial charge in [-0.15, -0.1) is 0 Å². The molecule has 5 heteroatoms. The predicted octanol–water partition coefficient (Wildman–Crippen LogP) is 0.544. The molecule has 80 valence electrons. The molecule has 1 amide bonds. The van der Waals surface area contributed by atoms with E-state index in [-0.39, 0.29) is 6.04 Å². The SMILES string of the molecule is NC(=O)[C@@H](Oc1ccc(Cl)cc1)[C@H]1CN1. The lowest BCUT2D eigenvalue weighted by Gasteiger charge is -2.14. The molecule has 15 heavy (non-hydrogen) atoms. The minimum absolute atomic E-state index is 0.0400. The van der Waals surface area contributed by atoms with Crippen molar-refractivity contribution in [1.29, 1.82) is 0 Å². The standard InChI is InChI=1S/C10H11ClN2O2/c11-6-1-3-7(4-2-6)15-9(10(12)14)8-5-13-8/h1-4,8-9,13H,5H2,(H2,12,14)/t8-,9+/m1/s1. The molecule has 1 aromatic carbocycles. The van der Waals surface area contributed by atoms with Crippen molar-refractivity contribution in [1.82, 2.24) is 5.32 Å². The van der Waals surface area contributed by atoms with Crippen LogP contribution >= 0.6 is 11.6 Å². The van der Waals surface area contributed by atoms with Crippen molar-refractivity contribution >= 4 is 17.5 Å². The second-order valence-electron chi connectivity index (χ2n) is 3.41. The Bertz CT molecular complexity index is 362. The zero-order valence-electron chi connectivity index (χ0n) is 7.94. The largest absolute Gasteiger partial charge is 0.479 e. The van der Waals surface area contributed by atoms with Gasteiger partial charge in [-0.25, -0.2) is 0 Å². The fraction of sp³-hybridized carbons (Fsp3) is 0.300. The number of nitrogens with one attached hydrogen (secondary N) is 1. The predicted molar refractivity (Wildman–Crippen MR) is 56.9 cm³/mol. The monoisotopic (exact) mass is 226 g/mol. The van der Waals surface area contributed by atoms with Gasteiger partial charge in [0.25, 0.3) is 5.91 Å². The van der Waals surface area contributed by atoms with Crippen LogP contribution in [0.5, 0.6) is 5.75 Å². The van der Waals surface area contributed by atoms with Crippen LogP contribution in [0.3, 0.4) is 0 Å². The summed E-state index contributed by atoms with van der Waals surface area (Å²) in [4.78, 5) is 11.1. The minimum atomic E-state index is -0.605. The number of hydrogen-bond acceptors (Lipinski definition) is 3. The van der Waals surface area contributed by atoms with E-state index in [1.165, 1.54) is 0 Å². The van der Waals surface area contributed by atoms with E-state index in [1.54, 1.807) is 24.3 Å². The van der Waals surface area contributed by atoms with Gasteiger partial charge in [0.2, 0.25) is 0 Å². The molecular formula is C10H11ClN2O2. The first kappa shape index (κ1) is 10.3. The molecule has 0 aliphatic carbocycles. The molecule has 1 heterocycles. The van der Waals surface area contributed by atoms with Crippen LogP contribution in [0.2, 0.25) is 5.02 Å². The van der Waals surface area contributed by atoms with Crippen LogP contribution in [0, 0.1) is 0 Å². The first-order chi connectivity index (χ1) is 7.16. The van der Waals surface area contributed by atoms with Crippen molar-refractivity contribution in [2.24, 2.45) is 5.73 Å². The molecule has 2 rings (SSSR count). The molecule has 3 N–H and O–H groups in total. The van der Waals surface area contributed by atoms with E-state index in [2.05, 4.69) is 5.32 Å². The van der Waals surface area contributed by atoms with Crippen molar-refractivity contribution in [3.8, 4) is 5.75 Å². The van der Waals surface area contributed by atoms with E-state index in [0.29, 0.717) is 10.8 Å². The zero-order chi connectivity index (χ0) is 10.8. The average Bonchev–Trinajstić information content (AvgIpc) is 3.00. The van der Waals surface area contributed by atoms with Crippen molar-refractivity contribution < 1.29 is 9.53 Å². The van der Waals surface area contributed by atoms with Crippen LogP contribution in [-0.4, -0.2) is 24.6 Å². The summed E-state index contributed by atoms with van der Waals surface area (Å²) < 4.78 is 5.46. The number of nitrogens with two attached hydrogens (primary N) is 1. The maximum Gasteiger partial charge on any atom is 0.260 e. The summed E-state index contributed by atoms with van der Waals surface area (Å²) in [6.45, 7) is 0.765. The van der Waals surface area contributed by atoms with Gasteiger partial charge in [0.15, 0.2) is 6.10 Å². The number of benzene rings is 1. The van der Waals surface area contributed by atoms with Gasteiger partial charge in [0.05, 0.1) is 6.04 Å². The summed E-state index contributed by atoms with van der Waals surface area (Å²) in [6, 6.07) is 6.87. The second-order valence-corrected chi connectivity index (χ2v) is 3.85. The molecule has 0 aromatic heterocycles. The molecule has 2 atom stereocenters. The summed E-state index contributed by atoms with van der Waals surface area (Å²) in [7, 11) is 0. The van der Waals surface area contributed by atoms with Crippen molar-refractivity contribution in [2.45, 2.75) is 12.1 Å². The number of halogens is 1. The first-order valence-corrected chi connectivity index (χ1v) is 4.99. The number of ether oxygens (including phenoxy) is 1. The van der Waals surface area contributed by atoms with Crippen LogP contribution in [-0.2, 0) is 4.79 Å². The van der Waals surface area contributed by atoms with Gasteiger partial charge in [-0.1, -0.05) is 11.6 Å². The van der Waals surface area contributed by atoms with E-state index in [0.717, 1.165) is 6.54 Å². The first-order valence-electron chi connectivity index (χ1n) is 4.62. The van der Waals surface area contributed by atoms with Crippen LogP contribution < -0.4 is 15.8 Å². The van der Waals surface area contributed by atoms with Gasteiger partial charge in [-0.3, -0.25) is 4.79 Å². The Morgan fingerprint density at radius 1 is 1.53 bits per heavy atom. The third-order valence-corrected chi connectivity index (χ3v) is 2.41. The maximum absolute atomic E-state index is 11.1. The fourth-order valence-electron chi connectivity index (χ4n) is 1.28. The van der Waals surface area contributed by atoms with Gasteiger partial charge in [0, 0.05) is 11.6 Å². The van der Waals surface area contributed by atoms with Crippen LogP contribution in [0.25, 0.3) is 0 Å². The number of hydrogen-bond donors (Lipinski definition) is 2. The average molecular weight is 227 g/mol. The summed E-state index contributed by atoms with van der Waals surface area (Å²) >= 11 is 5.73. The van der Waals surface area contributed by atoms with Crippen molar-refractivity contribution in [3.05, 3.63) is 29.3 Å². The molecule has 1 aromatic rings. The van der Waals surface area contributed by atoms with Crippen LogP contribution in [0.15, 0.2) is 24.3 Å². The Morgan fingerprint density at radius 3 is 2.60 bits per heavy atom. The Morgan fingerprint density at radius 2 is 2.13 bits per heavy atom. The van der Waals surface area contributed by atoms with Gasteiger partial charge in [0.1, 0.15) is 5.75 Å². The Kier molecular flexibility index (Phi) is 2.79. The molecular weight excluding hydrogens is 216 g/mol. The number of primary amides is 1. The molecule has 1 fully saturated rings. The molecule has 1 aliphatic rings. The quantitative estimate of drug-likeness (QED) is 0.736. The van der Waals surface area contributed by atoms with E-state index in [4.69, 9.17) is 22.1 Å². The van der Waals surface area contributed by atoms with Crippen LogP contribution in [0.1, 0.15) is 0 Å². The highest BCUT2D eigenvalue weighted by molar-refractivity contribution is 6.30. The minimum Gasteiger partial charge on any atom is -0.479 e. The Balaban J connectivity index is 2.05. The topological polar surface area (TPSA) is 74.3 Å². The fourth-order valence-corrected chi connectivity index (χ4v) is 1.41. The smallest absolute Gasteiger partial charge is 0.260 e. The Hall–Kier alpha value is -1.26. The van der Waals surface area contributed by atoms with Gasteiger partial charge < -0.3 is 15.8 Å². The van der Waals surface area contributed by atoms with Crippen molar-refractivity contribution in [2.75, 3.05) is 6.54 Å². The lowest BCUT2D eigenvalue weighted by Crippen LogP contribution is -2.39. The highest BCUT2D eigenvalue weighted by atomic mass is 35.5. The molecule has 0 bridgehead atoms. The summed E-state index contributed by atoms with van der Waals surface area (Å²) in [5, 5.41) is 3.62. The second kappa shape index (κ2) is 4.08. The molecule has 0 unspecified atom stereocenters. The summed E-state index contributed by atoms with van der Waals surface area (Å²) in [6.07, 6.45) is -0.605. The summed E-state index contributed by atoms with van der Waals surface area (Å²) in [5.74, 6) is 0.136. The highest BCUT2D eigenvalue weighted by Gasteiger charge is 2.36. The third kappa shape index (κ3) is 2.61. The number of carbonyl (C=O) groups is 1. The van der Waals surface area contributed by atoms with Crippen molar-refractivity contribution in [3.63, 3.8) is 0 Å². The van der Waals surface area contributed by atoms with E-state index in [1.807, 2.05) is 0 Å². The zero-order valence-corrected chi connectivity index (χ0v) is 8.70. The molecule has 1 saturated heterocycles. The molecule has 0 radical (unpaired) electrons. The number of rotatable bonds is 4. The molecule has 0 saturated carbocycles. The number of carbonyl (C=O) groups excluding carboxylic acids is 1. The highest BCUT2D eigenvalue weighted by Crippen LogP contribution is 2.19. The van der Waals surface area contributed by atoms with E-state index >= 15 is 0 Å². The van der Waals surface area contributed by atoms with Gasteiger partial charge in [-0.05, 0) is 24.3 Å². The number of amides is 1. The molecule has 0 spiro atoms. The van der Waals surface area contributed by atoms with E-state index in [9.17, 15) is 4.79 Å². The third-order valence-electron chi connectivity index (χ3n) is 2.16. The Labute approximate surface area is 92.4 Å². The summed E-state index contributed by atoms with van der Waals surface area (Å²) in [5.41, 5.74) is 5.23. The normalized spacial score (nSPS) is 20.7. The maximum atomic E-state index is 11.1. The van der Waals surface area contributed by atoms with Gasteiger partial charge >= 0.3 is 0 Å². The molecule has 4 nitrogen and oxygen atoms in total. The lowest BCUT2D eigenvalue weighted by molar-refractivity contribution is -0.124. The van der Waals surface area contributed by atoms with E-state index < -0.39 is 12.0 Å². The van der Waals surface area contributed by atoms with Crippen LogP contribution in [0.4, 0.5) is 0 Å².